The number of amides is 1. The summed E-state index contributed by atoms with van der Waals surface area (Å²) >= 11 is 1.41. The molecule has 0 fully saturated rings. The zero-order chi connectivity index (χ0) is 12.5. The summed E-state index contributed by atoms with van der Waals surface area (Å²) in [7, 11) is 0. The van der Waals surface area contributed by atoms with Crippen molar-refractivity contribution in [2.45, 2.75) is 26.4 Å². The lowest BCUT2D eigenvalue weighted by Gasteiger charge is -2.19. The Balaban J connectivity index is 2.11. The van der Waals surface area contributed by atoms with Crippen LogP contribution in [0, 0.1) is 0 Å². The van der Waals surface area contributed by atoms with Gasteiger partial charge in [-0.05, 0) is 26.8 Å². The maximum atomic E-state index is 11.5. The van der Waals surface area contributed by atoms with Crippen LogP contribution in [0.3, 0.4) is 0 Å². The molecule has 1 amide bonds. The predicted molar refractivity (Wildman–Crippen MR) is 67.3 cm³/mol. The number of ether oxygens (including phenoxy) is 1. The largest absolute Gasteiger partial charge is 0.444 e. The molecule has 5 nitrogen and oxygen atoms in total. The summed E-state index contributed by atoms with van der Waals surface area (Å²) in [5.41, 5.74) is 0.316. The fourth-order valence-electron chi connectivity index (χ4n) is 1.25. The van der Waals surface area contributed by atoms with Crippen LogP contribution in [0.5, 0.6) is 0 Å². The average Bonchev–Trinajstić information content (AvgIpc) is 2.55. The van der Waals surface area contributed by atoms with Crippen LogP contribution in [-0.2, 0) is 4.74 Å². The summed E-state index contributed by atoms with van der Waals surface area (Å²) in [5.74, 6) is 0. The monoisotopic (exact) mass is 251 g/mol. The zero-order valence-corrected chi connectivity index (χ0v) is 10.7. The molecule has 2 rings (SSSR count). The van der Waals surface area contributed by atoms with Crippen molar-refractivity contribution in [2.75, 3.05) is 5.32 Å². The SMILES string of the molecule is CC(C)(C)OC(=O)Nc1cc2ncncc2s1. The Bertz CT molecular complexity index is 512. The highest BCUT2D eigenvalue weighted by atomic mass is 32.1. The van der Waals surface area contributed by atoms with Gasteiger partial charge in [0.2, 0.25) is 0 Å². The van der Waals surface area contributed by atoms with Gasteiger partial charge in [0.25, 0.3) is 0 Å². The van der Waals surface area contributed by atoms with Crippen molar-refractivity contribution in [2.24, 2.45) is 0 Å². The Morgan fingerprint density at radius 3 is 2.88 bits per heavy atom. The van der Waals surface area contributed by atoms with Crippen molar-refractivity contribution < 1.29 is 9.53 Å². The maximum absolute atomic E-state index is 11.5. The zero-order valence-electron chi connectivity index (χ0n) is 9.85. The topological polar surface area (TPSA) is 64.1 Å². The quantitative estimate of drug-likeness (QED) is 0.846. The Morgan fingerprint density at radius 1 is 1.47 bits per heavy atom. The second-order valence-corrected chi connectivity index (χ2v) is 5.59. The summed E-state index contributed by atoms with van der Waals surface area (Å²) in [6.07, 6.45) is 2.73. The van der Waals surface area contributed by atoms with Crippen molar-refractivity contribution in [1.29, 1.82) is 0 Å². The molecule has 0 bridgehead atoms. The molecular formula is C11H13N3O2S. The second kappa shape index (κ2) is 4.29. The lowest BCUT2D eigenvalue weighted by atomic mass is 10.2. The van der Waals surface area contributed by atoms with Crippen LogP contribution < -0.4 is 5.32 Å². The number of thiophene rings is 1. The van der Waals surface area contributed by atoms with Crippen LogP contribution in [0.25, 0.3) is 10.2 Å². The molecule has 0 unspecified atom stereocenters. The molecule has 0 aliphatic rings. The van der Waals surface area contributed by atoms with E-state index < -0.39 is 11.7 Å². The van der Waals surface area contributed by atoms with Gasteiger partial charge < -0.3 is 4.74 Å². The first-order valence-electron chi connectivity index (χ1n) is 5.13. The smallest absolute Gasteiger partial charge is 0.412 e. The van der Waals surface area contributed by atoms with Crippen LogP contribution in [0.2, 0.25) is 0 Å². The summed E-state index contributed by atoms with van der Waals surface area (Å²) in [6, 6.07) is 1.80. The van der Waals surface area contributed by atoms with E-state index in [0.717, 1.165) is 10.2 Å². The minimum atomic E-state index is -0.499. The molecule has 0 saturated carbocycles. The molecule has 0 aromatic carbocycles. The molecular weight excluding hydrogens is 238 g/mol. The molecule has 0 aliphatic heterocycles. The van der Waals surface area contributed by atoms with Gasteiger partial charge in [-0.3, -0.25) is 5.32 Å². The van der Waals surface area contributed by atoms with Crippen molar-refractivity contribution in [3.05, 3.63) is 18.6 Å². The van der Waals surface area contributed by atoms with E-state index in [1.165, 1.54) is 17.7 Å². The molecule has 0 spiro atoms. The highest BCUT2D eigenvalue weighted by molar-refractivity contribution is 7.22. The fraction of sp³-hybridized carbons (Fsp3) is 0.364. The first kappa shape index (κ1) is 11.8. The van der Waals surface area contributed by atoms with Crippen molar-refractivity contribution in [3.63, 3.8) is 0 Å². The van der Waals surface area contributed by atoms with E-state index in [1.54, 1.807) is 12.3 Å². The molecule has 17 heavy (non-hydrogen) atoms. The number of nitrogens with one attached hydrogen (secondary N) is 1. The predicted octanol–water partition coefficient (Wildman–Crippen LogP) is 3.04. The first-order valence-corrected chi connectivity index (χ1v) is 5.95. The fourth-order valence-corrected chi connectivity index (χ4v) is 2.12. The molecule has 6 heteroatoms. The Hall–Kier alpha value is -1.69. The van der Waals surface area contributed by atoms with Gasteiger partial charge in [0, 0.05) is 6.20 Å². The van der Waals surface area contributed by atoms with E-state index >= 15 is 0 Å². The van der Waals surface area contributed by atoms with Crippen molar-refractivity contribution >= 4 is 32.6 Å². The van der Waals surface area contributed by atoms with Gasteiger partial charge in [-0.15, -0.1) is 11.3 Å². The minimum absolute atomic E-state index is 0.461. The lowest BCUT2D eigenvalue weighted by molar-refractivity contribution is 0.0636. The van der Waals surface area contributed by atoms with E-state index in [0.29, 0.717) is 5.00 Å². The van der Waals surface area contributed by atoms with Crippen molar-refractivity contribution in [3.8, 4) is 0 Å². The molecule has 2 aromatic rings. The molecule has 0 saturated heterocycles. The number of carbonyl (C=O) groups is 1. The van der Waals surface area contributed by atoms with Crippen LogP contribution >= 0.6 is 11.3 Å². The molecule has 2 heterocycles. The van der Waals surface area contributed by atoms with Crippen molar-refractivity contribution in [1.82, 2.24) is 9.97 Å². The standard InChI is InChI=1S/C11H13N3O2S/c1-11(2,3)16-10(15)14-9-4-7-8(17-9)5-12-6-13-7/h4-6H,1-3H3,(H,14,15). The van der Waals surface area contributed by atoms with Gasteiger partial charge in [0.15, 0.2) is 0 Å². The third-order valence-corrected chi connectivity index (χ3v) is 2.79. The van der Waals surface area contributed by atoms with E-state index in [9.17, 15) is 4.79 Å². The molecule has 0 atom stereocenters. The number of anilines is 1. The Labute approximate surface area is 103 Å². The van der Waals surface area contributed by atoms with Crippen LogP contribution in [0.4, 0.5) is 9.80 Å². The second-order valence-electron chi connectivity index (χ2n) is 4.51. The number of aromatic nitrogens is 2. The molecule has 2 aromatic heterocycles. The molecule has 1 N–H and O–H groups in total. The maximum Gasteiger partial charge on any atom is 0.412 e. The van der Waals surface area contributed by atoms with E-state index in [1.807, 2.05) is 20.8 Å². The van der Waals surface area contributed by atoms with E-state index in [4.69, 9.17) is 4.74 Å². The number of fused-ring (bicyclic) bond motifs is 1. The third kappa shape index (κ3) is 3.13. The molecule has 90 valence electrons. The van der Waals surface area contributed by atoms with Gasteiger partial charge in [0.1, 0.15) is 16.9 Å². The number of rotatable bonds is 1. The highest BCUT2D eigenvalue weighted by Crippen LogP contribution is 2.27. The van der Waals surface area contributed by atoms with Gasteiger partial charge >= 0.3 is 6.09 Å². The van der Waals surface area contributed by atoms with E-state index in [-0.39, 0.29) is 0 Å². The molecule has 0 aliphatic carbocycles. The van der Waals surface area contributed by atoms with E-state index in [2.05, 4.69) is 15.3 Å². The summed E-state index contributed by atoms with van der Waals surface area (Å²) in [4.78, 5) is 19.6. The first-order chi connectivity index (χ1) is 7.94. The Morgan fingerprint density at radius 2 is 2.24 bits per heavy atom. The average molecular weight is 251 g/mol. The van der Waals surface area contributed by atoms with Gasteiger partial charge in [-0.1, -0.05) is 0 Å². The highest BCUT2D eigenvalue weighted by Gasteiger charge is 2.16. The number of nitrogens with zero attached hydrogens (tertiary/aromatic N) is 2. The number of hydrogen-bond donors (Lipinski definition) is 1. The third-order valence-electron chi connectivity index (χ3n) is 1.82. The van der Waals surface area contributed by atoms with Crippen LogP contribution in [-0.4, -0.2) is 21.7 Å². The summed E-state index contributed by atoms with van der Waals surface area (Å²) in [6.45, 7) is 5.47. The summed E-state index contributed by atoms with van der Waals surface area (Å²) in [5, 5.41) is 3.38. The van der Waals surface area contributed by atoms with Gasteiger partial charge in [0.05, 0.1) is 10.2 Å². The van der Waals surface area contributed by atoms with Crippen LogP contribution in [0.15, 0.2) is 18.6 Å². The number of carbonyl (C=O) groups excluding carboxylic acids is 1. The normalized spacial score (nSPS) is 11.5. The van der Waals surface area contributed by atoms with Gasteiger partial charge in [-0.25, -0.2) is 14.8 Å². The summed E-state index contributed by atoms with van der Waals surface area (Å²) < 4.78 is 6.09. The number of hydrogen-bond acceptors (Lipinski definition) is 5. The van der Waals surface area contributed by atoms with Crippen LogP contribution in [0.1, 0.15) is 20.8 Å². The molecule has 0 radical (unpaired) electrons. The lowest BCUT2D eigenvalue weighted by Crippen LogP contribution is -2.26. The Kier molecular flexibility index (Phi) is 2.97. The van der Waals surface area contributed by atoms with Gasteiger partial charge in [-0.2, -0.15) is 0 Å². The minimum Gasteiger partial charge on any atom is -0.444 e.